The van der Waals surface area contributed by atoms with E-state index in [2.05, 4.69) is 17.2 Å². The van der Waals surface area contributed by atoms with Crippen LogP contribution in [0.3, 0.4) is 0 Å². The molecule has 0 unspecified atom stereocenters. The first-order valence-electron chi connectivity index (χ1n) is 11.2. The summed E-state index contributed by atoms with van der Waals surface area (Å²) in [6, 6.07) is 14.7. The number of ether oxygens (including phenoxy) is 2. The van der Waals surface area contributed by atoms with Gasteiger partial charge in [0.2, 0.25) is 0 Å². The SMILES string of the molecule is CCOC(=O)C1=C(C)N=C2SC=CN2[C@@H]1c1ccccc1OCC(=O)Nc1ccc(CC)cc1. The zero-order valence-corrected chi connectivity index (χ0v) is 20.2. The van der Waals surface area contributed by atoms with E-state index in [1.165, 1.54) is 17.3 Å². The maximum absolute atomic E-state index is 12.9. The number of para-hydroxylation sites is 1. The van der Waals surface area contributed by atoms with Gasteiger partial charge < -0.3 is 19.7 Å². The van der Waals surface area contributed by atoms with Gasteiger partial charge in [-0.1, -0.05) is 49.0 Å². The summed E-state index contributed by atoms with van der Waals surface area (Å²) in [6.07, 6.45) is 2.83. The smallest absolute Gasteiger partial charge is 0.338 e. The Morgan fingerprint density at radius 2 is 1.88 bits per heavy atom. The summed E-state index contributed by atoms with van der Waals surface area (Å²) in [5.74, 6) is -0.162. The van der Waals surface area contributed by atoms with Gasteiger partial charge in [0.05, 0.1) is 23.9 Å². The highest BCUT2D eigenvalue weighted by Gasteiger charge is 2.38. The normalized spacial score (nSPS) is 16.7. The van der Waals surface area contributed by atoms with E-state index in [0.29, 0.717) is 17.0 Å². The third-order valence-electron chi connectivity index (χ3n) is 5.53. The van der Waals surface area contributed by atoms with Crippen LogP contribution in [0, 0.1) is 0 Å². The van der Waals surface area contributed by atoms with Crippen molar-refractivity contribution in [1.29, 1.82) is 0 Å². The molecule has 0 spiro atoms. The number of nitrogens with zero attached hydrogens (tertiary/aromatic N) is 2. The molecule has 1 N–H and O–H groups in total. The van der Waals surface area contributed by atoms with Gasteiger partial charge in [-0.3, -0.25) is 4.79 Å². The minimum Gasteiger partial charge on any atom is -0.483 e. The molecule has 176 valence electrons. The molecule has 4 rings (SSSR count). The number of hydrogen-bond donors (Lipinski definition) is 1. The number of aliphatic imine (C=N–C) groups is 1. The monoisotopic (exact) mass is 477 g/mol. The lowest BCUT2D eigenvalue weighted by atomic mass is 9.94. The van der Waals surface area contributed by atoms with Gasteiger partial charge in [-0.15, -0.1) is 0 Å². The molecule has 1 amide bonds. The predicted molar refractivity (Wildman–Crippen MR) is 134 cm³/mol. The van der Waals surface area contributed by atoms with Gasteiger partial charge in [0.1, 0.15) is 5.75 Å². The molecule has 0 radical (unpaired) electrons. The standard InChI is InChI=1S/C26H27N3O4S/c1-4-18-10-12-19(13-11-18)28-22(30)16-33-21-9-7-6-8-20(21)24-23(25(31)32-5-2)17(3)27-26-29(24)14-15-34-26/h6-15,24H,4-5,16H2,1-3H3,(H,28,30)/t24-/m1/s1. The van der Waals surface area contributed by atoms with Gasteiger partial charge in [0, 0.05) is 17.5 Å². The lowest BCUT2D eigenvalue weighted by Crippen LogP contribution is -2.34. The molecule has 0 saturated heterocycles. The molecule has 0 fully saturated rings. The average molecular weight is 478 g/mol. The number of rotatable bonds is 8. The fraction of sp³-hybridized carbons (Fsp3) is 0.269. The minimum atomic E-state index is -0.473. The first-order chi connectivity index (χ1) is 16.5. The summed E-state index contributed by atoms with van der Waals surface area (Å²) in [6.45, 7) is 5.77. The summed E-state index contributed by atoms with van der Waals surface area (Å²) in [7, 11) is 0. The zero-order valence-electron chi connectivity index (χ0n) is 19.4. The summed E-state index contributed by atoms with van der Waals surface area (Å²) in [4.78, 5) is 32.0. The molecular weight excluding hydrogens is 450 g/mol. The third-order valence-corrected chi connectivity index (χ3v) is 6.30. The maximum Gasteiger partial charge on any atom is 0.338 e. The van der Waals surface area contributed by atoms with Crippen LogP contribution in [-0.4, -0.2) is 35.2 Å². The number of amidine groups is 1. The molecule has 0 bridgehead atoms. The van der Waals surface area contributed by atoms with E-state index >= 15 is 0 Å². The number of carbonyl (C=O) groups excluding carboxylic acids is 2. The van der Waals surface area contributed by atoms with Crippen LogP contribution < -0.4 is 10.1 Å². The van der Waals surface area contributed by atoms with E-state index in [1.54, 1.807) is 13.0 Å². The van der Waals surface area contributed by atoms with E-state index in [4.69, 9.17) is 9.47 Å². The van der Waals surface area contributed by atoms with E-state index < -0.39 is 12.0 Å². The van der Waals surface area contributed by atoms with Gasteiger partial charge in [-0.2, -0.15) is 0 Å². The number of fused-ring (bicyclic) bond motifs is 1. The van der Waals surface area contributed by atoms with Gasteiger partial charge in [0.25, 0.3) is 5.91 Å². The first-order valence-corrected chi connectivity index (χ1v) is 12.1. The van der Waals surface area contributed by atoms with Crippen molar-refractivity contribution in [3.8, 4) is 5.75 Å². The second-order valence-electron chi connectivity index (χ2n) is 7.75. The van der Waals surface area contributed by atoms with Gasteiger partial charge in [-0.25, -0.2) is 9.79 Å². The molecular formula is C26H27N3O4S. The number of allylic oxidation sites excluding steroid dienone is 1. The number of benzene rings is 2. The highest BCUT2D eigenvalue weighted by Crippen LogP contribution is 2.43. The number of aryl methyl sites for hydroxylation is 1. The largest absolute Gasteiger partial charge is 0.483 e. The summed E-state index contributed by atoms with van der Waals surface area (Å²) in [5, 5.41) is 5.56. The van der Waals surface area contributed by atoms with Crippen LogP contribution in [0.25, 0.3) is 0 Å². The fourth-order valence-electron chi connectivity index (χ4n) is 3.88. The molecule has 2 aromatic carbocycles. The Morgan fingerprint density at radius 1 is 1.12 bits per heavy atom. The quantitative estimate of drug-likeness (QED) is 0.537. The van der Waals surface area contributed by atoms with Crippen LogP contribution in [0.4, 0.5) is 5.69 Å². The summed E-state index contributed by atoms with van der Waals surface area (Å²) < 4.78 is 11.3. The van der Waals surface area contributed by atoms with Crippen molar-refractivity contribution in [2.75, 3.05) is 18.5 Å². The lowest BCUT2D eigenvalue weighted by Gasteiger charge is -2.34. The van der Waals surface area contributed by atoms with Crippen molar-refractivity contribution >= 4 is 34.5 Å². The third kappa shape index (κ3) is 5.02. The summed E-state index contributed by atoms with van der Waals surface area (Å²) >= 11 is 1.49. The molecule has 2 aromatic rings. The number of anilines is 1. The van der Waals surface area contributed by atoms with Crippen molar-refractivity contribution < 1.29 is 19.1 Å². The second kappa shape index (κ2) is 10.6. The van der Waals surface area contributed by atoms with Crippen LogP contribution in [0.5, 0.6) is 5.75 Å². The van der Waals surface area contributed by atoms with E-state index in [0.717, 1.165) is 22.8 Å². The van der Waals surface area contributed by atoms with E-state index in [-0.39, 0.29) is 19.1 Å². The van der Waals surface area contributed by atoms with E-state index in [9.17, 15) is 9.59 Å². The maximum atomic E-state index is 12.9. The lowest BCUT2D eigenvalue weighted by molar-refractivity contribution is -0.139. The molecule has 7 nitrogen and oxygen atoms in total. The molecule has 0 aliphatic carbocycles. The Bertz CT molecular complexity index is 1170. The van der Waals surface area contributed by atoms with Crippen LogP contribution in [0.2, 0.25) is 0 Å². The van der Waals surface area contributed by atoms with Gasteiger partial charge in [-0.05, 0) is 49.4 Å². The van der Waals surface area contributed by atoms with Crippen molar-refractivity contribution in [1.82, 2.24) is 4.90 Å². The second-order valence-corrected chi connectivity index (χ2v) is 8.62. The number of carbonyl (C=O) groups is 2. The number of thioether (sulfide) groups is 1. The number of amides is 1. The molecule has 34 heavy (non-hydrogen) atoms. The van der Waals surface area contributed by atoms with Crippen LogP contribution in [0.15, 0.2) is 76.4 Å². The Balaban J connectivity index is 1.56. The van der Waals surface area contributed by atoms with Crippen LogP contribution >= 0.6 is 11.8 Å². The van der Waals surface area contributed by atoms with Crippen LogP contribution in [-0.2, 0) is 20.7 Å². The average Bonchev–Trinajstić information content (AvgIpc) is 3.31. The molecule has 8 heteroatoms. The number of nitrogens with one attached hydrogen (secondary N) is 1. The van der Waals surface area contributed by atoms with Crippen molar-refractivity contribution in [3.63, 3.8) is 0 Å². The summed E-state index contributed by atoms with van der Waals surface area (Å²) in [5.41, 5.74) is 3.73. The number of hydrogen-bond acceptors (Lipinski definition) is 7. The Labute approximate surface area is 203 Å². The molecule has 2 aliphatic heterocycles. The first kappa shape index (κ1) is 23.6. The van der Waals surface area contributed by atoms with Gasteiger partial charge in [0.15, 0.2) is 11.8 Å². The van der Waals surface area contributed by atoms with Gasteiger partial charge >= 0.3 is 5.97 Å². The Hall–Kier alpha value is -3.52. The Morgan fingerprint density at radius 3 is 2.62 bits per heavy atom. The Kier molecular flexibility index (Phi) is 7.37. The van der Waals surface area contributed by atoms with Crippen molar-refractivity contribution in [2.45, 2.75) is 33.2 Å². The van der Waals surface area contributed by atoms with E-state index in [1.807, 2.05) is 65.9 Å². The van der Waals surface area contributed by atoms with Crippen molar-refractivity contribution in [2.24, 2.45) is 4.99 Å². The number of esters is 1. The fourth-order valence-corrected chi connectivity index (χ4v) is 4.67. The predicted octanol–water partition coefficient (Wildman–Crippen LogP) is 5.03. The topological polar surface area (TPSA) is 80.2 Å². The molecule has 0 aromatic heterocycles. The van der Waals surface area contributed by atoms with Crippen LogP contribution in [0.1, 0.15) is 37.9 Å². The highest BCUT2D eigenvalue weighted by atomic mass is 32.2. The molecule has 1 atom stereocenters. The van der Waals surface area contributed by atoms with Crippen molar-refractivity contribution in [3.05, 3.63) is 82.5 Å². The molecule has 2 aliphatic rings. The molecule has 0 saturated carbocycles. The highest BCUT2D eigenvalue weighted by molar-refractivity contribution is 8.16. The zero-order chi connectivity index (χ0) is 24.1. The molecule has 2 heterocycles. The minimum absolute atomic E-state index is 0.164.